The minimum atomic E-state index is -0.799. The molecule has 15 rings (SSSR count). The number of aryl methyl sites for hydroxylation is 3. The summed E-state index contributed by atoms with van der Waals surface area (Å²) in [5.74, 6) is 2.67. The van der Waals surface area contributed by atoms with E-state index < -0.39 is 12.0 Å². The molecule has 3 aliphatic heterocycles. The predicted octanol–water partition coefficient (Wildman–Crippen LogP) is 17.2. The molecule has 79 heavy (non-hydrogen) atoms. The molecule has 0 N–H and O–H groups in total. The maximum Gasteiger partial charge on any atom is 0.159 e. The molecular weight excluding hydrogens is 979 g/mol. The Kier molecular flexibility index (Phi) is 11.4. The summed E-state index contributed by atoms with van der Waals surface area (Å²) in [6.07, 6.45) is 5.48. The standard InChI is InChI=1S/2C23H23N3O.C21H19N3O/c2*1-14(2)25-16(4)26(19-9-7-13-24-23(19)25)21-15(3)11-12-18-17-8-5-6-10-20(17)27-22(18)21;1-13-10-11-16-15-7-4-5-9-18(15)25-20(16)19(13)24-14(2)23(3)21-17(24)8-6-12-22-21/h2*5-14,16H,1-4H3;4-12,14H,1-3H3/i2*14D;. The third-order valence-corrected chi connectivity index (χ3v) is 16.1. The molecule has 0 saturated heterocycles. The molecule has 9 heterocycles. The maximum absolute atomic E-state index is 8.68. The highest BCUT2D eigenvalue weighted by molar-refractivity contribution is 6.13. The van der Waals surface area contributed by atoms with Crippen molar-refractivity contribution in [3.63, 3.8) is 0 Å². The topological polar surface area (TPSA) is 97.5 Å². The molecule has 0 aliphatic carbocycles. The summed E-state index contributed by atoms with van der Waals surface area (Å²) in [5, 5.41) is 6.77. The quantitative estimate of drug-likeness (QED) is 0.164. The highest BCUT2D eigenvalue weighted by Gasteiger charge is 2.40. The van der Waals surface area contributed by atoms with E-state index in [1.54, 1.807) is 12.4 Å². The van der Waals surface area contributed by atoms with Crippen LogP contribution in [0.4, 0.5) is 51.6 Å². The third kappa shape index (κ3) is 7.74. The van der Waals surface area contributed by atoms with Crippen molar-refractivity contribution in [1.82, 2.24) is 15.0 Å². The van der Waals surface area contributed by atoms with Gasteiger partial charge in [0.25, 0.3) is 0 Å². The molecule has 6 aromatic heterocycles. The van der Waals surface area contributed by atoms with E-state index in [2.05, 4.69) is 172 Å². The molecule has 0 amide bonds. The molecule has 12 heteroatoms. The third-order valence-electron chi connectivity index (χ3n) is 16.1. The van der Waals surface area contributed by atoms with Crippen molar-refractivity contribution >= 4 is 117 Å². The average molecular weight is 1050 g/mol. The van der Waals surface area contributed by atoms with Gasteiger partial charge in [-0.05, 0) is 141 Å². The second kappa shape index (κ2) is 19.2. The van der Waals surface area contributed by atoms with E-state index >= 15 is 0 Å². The fourth-order valence-corrected chi connectivity index (χ4v) is 12.5. The van der Waals surface area contributed by atoms with Crippen LogP contribution in [0, 0.1) is 20.8 Å². The zero-order valence-corrected chi connectivity index (χ0v) is 46.6. The summed E-state index contributed by atoms with van der Waals surface area (Å²) < 4.78 is 36.3. The van der Waals surface area contributed by atoms with Gasteiger partial charge in [0.2, 0.25) is 0 Å². The monoisotopic (exact) mass is 1050 g/mol. The second-order valence-corrected chi connectivity index (χ2v) is 21.4. The van der Waals surface area contributed by atoms with Crippen molar-refractivity contribution in [3.8, 4) is 0 Å². The fourth-order valence-electron chi connectivity index (χ4n) is 12.5. The van der Waals surface area contributed by atoms with Gasteiger partial charge >= 0.3 is 0 Å². The molecule has 3 unspecified atom stereocenters. The molecular formula is C67H65N9O3. The van der Waals surface area contributed by atoms with E-state index in [1.165, 1.54) is 5.56 Å². The summed E-state index contributed by atoms with van der Waals surface area (Å²) in [5.41, 5.74) is 15.2. The number of aromatic nitrogens is 3. The first-order valence-corrected chi connectivity index (χ1v) is 27.2. The number of hydrogen-bond donors (Lipinski definition) is 0. The predicted molar refractivity (Wildman–Crippen MR) is 327 cm³/mol. The lowest BCUT2D eigenvalue weighted by atomic mass is 10.1. The molecule has 12 nitrogen and oxygen atoms in total. The number of pyridine rings is 3. The molecule has 0 bridgehead atoms. The number of fused-ring (bicyclic) bond motifs is 12. The zero-order chi connectivity index (χ0) is 56.4. The van der Waals surface area contributed by atoms with Crippen molar-refractivity contribution in [1.29, 1.82) is 0 Å². The van der Waals surface area contributed by atoms with Crippen molar-refractivity contribution in [2.24, 2.45) is 0 Å². The normalized spacial score (nSPS) is 17.4. The van der Waals surface area contributed by atoms with Crippen LogP contribution >= 0.6 is 0 Å². The molecule has 0 fully saturated rings. The SMILES string of the molecule is Cc1ccc2c(oc3ccccc32)c1N1c2cccnc2N(C)C1C.[2H]C(C)(C)N1c2ncccc2N(c2c(C)ccc3c2oc2ccccc23)C1C.[2H]C(C)(C)N1c2ncccc2N(c2c(C)ccc3c2oc2ccccc23)C1C. The summed E-state index contributed by atoms with van der Waals surface area (Å²) in [7, 11) is 2.09. The molecule has 0 saturated carbocycles. The highest BCUT2D eigenvalue weighted by atomic mass is 16.3. The van der Waals surface area contributed by atoms with Gasteiger partial charge in [-0.25, -0.2) is 15.0 Å². The van der Waals surface area contributed by atoms with Gasteiger partial charge in [-0.15, -0.1) is 0 Å². The number of anilines is 9. The first-order chi connectivity index (χ1) is 38.9. The fraction of sp³-hybridized carbons (Fsp3) is 0.239. The molecule has 0 radical (unpaired) electrons. The van der Waals surface area contributed by atoms with Crippen LogP contribution in [0.3, 0.4) is 0 Å². The van der Waals surface area contributed by atoms with Crippen LogP contribution in [0.25, 0.3) is 65.8 Å². The Morgan fingerprint density at radius 2 is 0.709 bits per heavy atom. The number of rotatable bonds is 5. The summed E-state index contributed by atoms with van der Waals surface area (Å²) in [6, 6.07) is 48.0. The number of nitrogens with zero attached hydrogens (tertiary/aromatic N) is 9. The minimum Gasteiger partial charge on any atom is -0.454 e. The number of hydrogen-bond acceptors (Lipinski definition) is 12. The van der Waals surface area contributed by atoms with Gasteiger partial charge < -0.3 is 42.7 Å². The summed E-state index contributed by atoms with van der Waals surface area (Å²) in [6.45, 7) is 20.4. The van der Waals surface area contributed by atoms with Crippen LogP contribution < -0.4 is 29.4 Å². The Morgan fingerprint density at radius 3 is 1.06 bits per heavy atom. The van der Waals surface area contributed by atoms with Crippen LogP contribution in [-0.4, -0.2) is 52.5 Å². The van der Waals surface area contributed by atoms with E-state index in [0.29, 0.717) is 0 Å². The summed E-state index contributed by atoms with van der Waals surface area (Å²) in [4.78, 5) is 27.0. The van der Waals surface area contributed by atoms with Gasteiger partial charge in [0, 0.05) is 70.0 Å². The number of furan rings is 3. The van der Waals surface area contributed by atoms with Gasteiger partial charge in [0.05, 0.1) is 36.9 Å². The van der Waals surface area contributed by atoms with E-state index in [0.717, 1.165) is 129 Å². The number of para-hydroxylation sites is 3. The lowest BCUT2D eigenvalue weighted by molar-refractivity contribution is 0.598. The van der Waals surface area contributed by atoms with Crippen molar-refractivity contribution in [3.05, 3.63) is 181 Å². The van der Waals surface area contributed by atoms with E-state index in [1.807, 2.05) is 101 Å². The number of benzene rings is 6. The van der Waals surface area contributed by atoms with E-state index in [9.17, 15) is 0 Å². The first-order valence-electron chi connectivity index (χ1n) is 28.2. The van der Waals surface area contributed by atoms with Gasteiger partial charge in [-0.1, -0.05) is 91.0 Å². The molecule has 12 aromatic rings. The molecule has 3 aliphatic rings. The van der Waals surface area contributed by atoms with Crippen LogP contribution in [0.15, 0.2) is 177 Å². The Balaban J connectivity index is 0.000000115. The lowest BCUT2D eigenvalue weighted by Crippen LogP contribution is -2.42. The van der Waals surface area contributed by atoms with E-state index in [4.69, 9.17) is 16.0 Å². The van der Waals surface area contributed by atoms with Gasteiger partial charge in [0.1, 0.15) is 35.2 Å². The Bertz CT molecular complexity index is 4230. The maximum atomic E-state index is 8.68. The van der Waals surface area contributed by atoms with Gasteiger partial charge in [0.15, 0.2) is 34.2 Å². The van der Waals surface area contributed by atoms with Crippen molar-refractivity contribution < 1.29 is 16.0 Å². The van der Waals surface area contributed by atoms with Crippen molar-refractivity contribution in [2.45, 2.75) is 99.8 Å². The highest BCUT2D eigenvalue weighted by Crippen LogP contribution is 2.51. The Morgan fingerprint density at radius 1 is 0.392 bits per heavy atom. The van der Waals surface area contributed by atoms with Gasteiger partial charge in [-0.3, -0.25) is 0 Å². The lowest BCUT2D eigenvalue weighted by Gasteiger charge is -2.33. The smallest absolute Gasteiger partial charge is 0.159 e. The Hall–Kier alpha value is -9.03. The summed E-state index contributed by atoms with van der Waals surface area (Å²) >= 11 is 0. The van der Waals surface area contributed by atoms with Crippen LogP contribution in [0.5, 0.6) is 0 Å². The largest absolute Gasteiger partial charge is 0.454 e. The first kappa shape index (κ1) is 47.2. The van der Waals surface area contributed by atoms with E-state index in [-0.39, 0.29) is 18.5 Å². The molecule has 0 spiro atoms. The van der Waals surface area contributed by atoms with Crippen LogP contribution in [0.2, 0.25) is 0 Å². The van der Waals surface area contributed by atoms with Crippen LogP contribution in [-0.2, 0) is 0 Å². The molecule has 3 atom stereocenters. The molecule has 396 valence electrons. The Labute approximate surface area is 463 Å². The minimum absolute atomic E-state index is 0.0603. The van der Waals surface area contributed by atoms with Gasteiger partial charge in [-0.2, -0.15) is 0 Å². The van der Waals surface area contributed by atoms with Crippen LogP contribution in [0.1, 0.15) is 67.9 Å². The van der Waals surface area contributed by atoms with Crippen molar-refractivity contribution in [2.75, 3.05) is 36.4 Å². The average Bonchev–Trinajstić information content (AvgIpc) is 4.38. The second-order valence-electron chi connectivity index (χ2n) is 21.4. The zero-order valence-electron chi connectivity index (χ0n) is 48.6. The molecule has 6 aromatic carbocycles.